The van der Waals surface area contributed by atoms with Crippen molar-refractivity contribution < 1.29 is 4.79 Å². The van der Waals surface area contributed by atoms with Crippen LogP contribution in [0.15, 0.2) is 0 Å². The molecule has 0 radical (unpaired) electrons. The summed E-state index contributed by atoms with van der Waals surface area (Å²) < 4.78 is 0. The van der Waals surface area contributed by atoms with Crippen molar-refractivity contribution in [2.45, 2.75) is 71.4 Å². The van der Waals surface area contributed by atoms with Crippen molar-refractivity contribution in [3.05, 3.63) is 0 Å². The summed E-state index contributed by atoms with van der Waals surface area (Å²) in [7, 11) is 0. The van der Waals surface area contributed by atoms with Crippen LogP contribution in [0.5, 0.6) is 0 Å². The molecule has 1 saturated heterocycles. The van der Waals surface area contributed by atoms with Crippen LogP contribution in [0.3, 0.4) is 0 Å². The van der Waals surface area contributed by atoms with Crippen LogP contribution in [0.2, 0.25) is 0 Å². The van der Waals surface area contributed by atoms with E-state index in [0.29, 0.717) is 6.04 Å². The first-order valence-electron chi connectivity index (χ1n) is 7.17. The number of hydrogen-bond acceptors (Lipinski definition) is 2. The summed E-state index contributed by atoms with van der Waals surface area (Å²) in [4.78, 5) is 14.4. The molecule has 1 fully saturated rings. The average Bonchev–Trinajstić information content (AvgIpc) is 2.37. The number of amides is 1. The van der Waals surface area contributed by atoms with Gasteiger partial charge in [-0.25, -0.2) is 0 Å². The Balaban J connectivity index is 2.64. The molecule has 2 N–H and O–H groups in total. The molecule has 0 spiro atoms. The van der Waals surface area contributed by atoms with Crippen LogP contribution in [0.4, 0.5) is 0 Å². The van der Waals surface area contributed by atoms with Gasteiger partial charge in [0, 0.05) is 12.6 Å². The van der Waals surface area contributed by atoms with Crippen LogP contribution in [0, 0.1) is 5.92 Å². The molecule has 17 heavy (non-hydrogen) atoms. The molecule has 1 aliphatic rings. The van der Waals surface area contributed by atoms with Crippen molar-refractivity contribution in [3.8, 4) is 0 Å². The average molecular weight is 240 g/mol. The van der Waals surface area contributed by atoms with E-state index >= 15 is 0 Å². The minimum atomic E-state index is -0.308. The van der Waals surface area contributed by atoms with Gasteiger partial charge in [0.2, 0.25) is 5.91 Å². The quantitative estimate of drug-likeness (QED) is 0.802. The van der Waals surface area contributed by atoms with Gasteiger partial charge in [-0.2, -0.15) is 0 Å². The van der Waals surface area contributed by atoms with Crippen molar-refractivity contribution in [1.82, 2.24) is 4.90 Å². The van der Waals surface area contributed by atoms with Gasteiger partial charge in [-0.05, 0) is 31.6 Å². The largest absolute Gasteiger partial charge is 0.338 e. The van der Waals surface area contributed by atoms with E-state index in [1.54, 1.807) is 0 Å². The molecule has 1 rings (SSSR count). The lowest BCUT2D eigenvalue weighted by Gasteiger charge is -2.38. The van der Waals surface area contributed by atoms with E-state index < -0.39 is 0 Å². The van der Waals surface area contributed by atoms with Crippen molar-refractivity contribution in [2.75, 3.05) is 6.54 Å². The number of rotatable bonds is 5. The van der Waals surface area contributed by atoms with Crippen molar-refractivity contribution >= 4 is 5.91 Å². The molecule has 1 heterocycles. The second kappa shape index (κ2) is 7.00. The lowest BCUT2D eigenvalue weighted by Crippen LogP contribution is -2.52. The summed E-state index contributed by atoms with van der Waals surface area (Å²) in [6, 6.07) is 0.133. The molecule has 3 atom stereocenters. The van der Waals surface area contributed by atoms with E-state index in [9.17, 15) is 4.79 Å². The predicted octanol–water partition coefficient (Wildman–Crippen LogP) is 2.54. The molecule has 1 amide bonds. The van der Waals surface area contributed by atoms with E-state index in [2.05, 4.69) is 25.7 Å². The molecule has 0 aliphatic carbocycles. The fourth-order valence-corrected chi connectivity index (χ4v) is 2.61. The van der Waals surface area contributed by atoms with Crippen LogP contribution >= 0.6 is 0 Å². The highest BCUT2D eigenvalue weighted by atomic mass is 16.2. The molecular formula is C14H28N2O. The van der Waals surface area contributed by atoms with E-state index in [-0.39, 0.29) is 17.9 Å². The van der Waals surface area contributed by atoms with E-state index in [1.807, 2.05) is 0 Å². The minimum Gasteiger partial charge on any atom is -0.338 e. The Bertz CT molecular complexity index is 240. The number of carbonyl (C=O) groups is 1. The first-order chi connectivity index (χ1) is 8.11. The first-order valence-corrected chi connectivity index (χ1v) is 7.17. The number of likely N-dealkylation sites (tertiary alicyclic amines) is 1. The number of carbonyl (C=O) groups excluding carboxylic acids is 1. The lowest BCUT2D eigenvalue weighted by atomic mass is 9.94. The van der Waals surface area contributed by atoms with Crippen LogP contribution in [0.25, 0.3) is 0 Å². The molecule has 0 aromatic carbocycles. The van der Waals surface area contributed by atoms with E-state index in [4.69, 9.17) is 5.73 Å². The first kappa shape index (κ1) is 14.5. The van der Waals surface area contributed by atoms with Gasteiger partial charge in [0.05, 0.1) is 6.04 Å². The van der Waals surface area contributed by atoms with Gasteiger partial charge >= 0.3 is 0 Å². The second-order valence-corrected chi connectivity index (χ2v) is 5.38. The topological polar surface area (TPSA) is 46.3 Å². The molecule has 1 unspecified atom stereocenters. The Hall–Kier alpha value is -0.570. The fraction of sp³-hybridized carbons (Fsp3) is 0.929. The molecular weight excluding hydrogens is 212 g/mol. The zero-order valence-electron chi connectivity index (χ0n) is 11.6. The highest BCUT2D eigenvalue weighted by molar-refractivity contribution is 5.82. The van der Waals surface area contributed by atoms with E-state index in [1.165, 1.54) is 6.42 Å². The van der Waals surface area contributed by atoms with Gasteiger partial charge in [-0.3, -0.25) is 4.79 Å². The Labute approximate surface area is 106 Å². The zero-order valence-corrected chi connectivity index (χ0v) is 11.6. The lowest BCUT2D eigenvalue weighted by molar-refractivity contribution is -0.137. The Morgan fingerprint density at radius 3 is 2.71 bits per heavy atom. The van der Waals surface area contributed by atoms with Crippen molar-refractivity contribution in [1.29, 1.82) is 0 Å². The van der Waals surface area contributed by atoms with Gasteiger partial charge < -0.3 is 10.6 Å². The third kappa shape index (κ3) is 3.70. The summed E-state index contributed by atoms with van der Waals surface area (Å²) in [5.74, 6) is 0.462. The number of hydrogen-bond donors (Lipinski definition) is 1. The molecule has 100 valence electrons. The number of nitrogens with zero attached hydrogens (tertiary/aromatic N) is 1. The standard InChI is InChI=1S/C14H28N2O/c1-4-8-12-9-6-7-10-16(12)14(17)13(15)11(3)5-2/h11-13H,4-10,15H2,1-3H3/t11-,12?,13-/m0/s1. The van der Waals surface area contributed by atoms with E-state index in [0.717, 1.165) is 38.6 Å². The van der Waals surface area contributed by atoms with Crippen molar-refractivity contribution in [3.63, 3.8) is 0 Å². The summed E-state index contributed by atoms with van der Waals surface area (Å²) in [5.41, 5.74) is 6.07. The second-order valence-electron chi connectivity index (χ2n) is 5.38. The maximum Gasteiger partial charge on any atom is 0.240 e. The molecule has 3 nitrogen and oxygen atoms in total. The molecule has 0 aromatic rings. The summed E-state index contributed by atoms with van der Waals surface area (Å²) in [6.45, 7) is 7.26. The molecule has 1 aliphatic heterocycles. The molecule has 0 aromatic heterocycles. The maximum atomic E-state index is 12.4. The summed E-state index contributed by atoms with van der Waals surface area (Å²) >= 11 is 0. The third-order valence-electron chi connectivity index (χ3n) is 4.07. The minimum absolute atomic E-state index is 0.178. The Morgan fingerprint density at radius 1 is 1.41 bits per heavy atom. The number of piperidine rings is 1. The smallest absolute Gasteiger partial charge is 0.240 e. The summed E-state index contributed by atoms with van der Waals surface area (Å²) in [5, 5.41) is 0. The highest BCUT2D eigenvalue weighted by Gasteiger charge is 2.31. The third-order valence-corrected chi connectivity index (χ3v) is 4.07. The maximum absolute atomic E-state index is 12.4. The Kier molecular flexibility index (Phi) is 5.96. The monoisotopic (exact) mass is 240 g/mol. The predicted molar refractivity (Wildman–Crippen MR) is 71.7 cm³/mol. The van der Waals surface area contributed by atoms with Gasteiger partial charge in [0.25, 0.3) is 0 Å². The van der Waals surface area contributed by atoms with Crippen LogP contribution in [-0.2, 0) is 4.79 Å². The Morgan fingerprint density at radius 2 is 2.12 bits per heavy atom. The summed E-state index contributed by atoms with van der Waals surface area (Å²) in [6.07, 6.45) is 6.80. The fourth-order valence-electron chi connectivity index (χ4n) is 2.61. The van der Waals surface area contributed by atoms with Gasteiger partial charge in [0.15, 0.2) is 0 Å². The van der Waals surface area contributed by atoms with Crippen LogP contribution in [0.1, 0.15) is 59.3 Å². The SMILES string of the molecule is CCCC1CCCCN1C(=O)[C@@H](N)[C@@H](C)CC. The molecule has 3 heteroatoms. The van der Waals surface area contributed by atoms with Crippen molar-refractivity contribution in [2.24, 2.45) is 11.7 Å². The number of nitrogens with two attached hydrogens (primary N) is 1. The van der Waals surface area contributed by atoms with Gasteiger partial charge in [0.1, 0.15) is 0 Å². The highest BCUT2D eigenvalue weighted by Crippen LogP contribution is 2.22. The molecule has 0 bridgehead atoms. The normalized spacial score (nSPS) is 24.5. The van der Waals surface area contributed by atoms with Crippen LogP contribution < -0.4 is 5.73 Å². The van der Waals surface area contributed by atoms with Crippen LogP contribution in [-0.4, -0.2) is 29.4 Å². The van der Waals surface area contributed by atoms with Gasteiger partial charge in [-0.15, -0.1) is 0 Å². The zero-order chi connectivity index (χ0) is 12.8. The van der Waals surface area contributed by atoms with Gasteiger partial charge in [-0.1, -0.05) is 33.6 Å². The molecule has 0 saturated carbocycles.